The number of ether oxygens (including phenoxy) is 1. The van der Waals surface area contributed by atoms with Gasteiger partial charge in [0.05, 0.1) is 18.6 Å². The van der Waals surface area contributed by atoms with Crippen LogP contribution in [0.5, 0.6) is 0 Å². The Kier molecular flexibility index (Phi) is 4.69. The van der Waals surface area contributed by atoms with Crippen molar-refractivity contribution in [1.29, 1.82) is 0 Å². The van der Waals surface area contributed by atoms with Gasteiger partial charge in [-0.25, -0.2) is 13.2 Å². The van der Waals surface area contributed by atoms with Crippen LogP contribution in [0.15, 0.2) is 24.3 Å². The SMILES string of the molecule is CCOC(=O)C(O)c1ccccc1NS(C)(=O)=O. The van der Waals surface area contributed by atoms with Crippen LogP contribution in [-0.2, 0) is 19.6 Å². The molecule has 1 unspecified atom stereocenters. The number of anilines is 1. The van der Waals surface area contributed by atoms with Crippen LogP contribution < -0.4 is 4.72 Å². The second kappa shape index (κ2) is 5.83. The summed E-state index contributed by atoms with van der Waals surface area (Å²) in [5.41, 5.74) is 0.307. The van der Waals surface area contributed by atoms with E-state index < -0.39 is 22.1 Å². The summed E-state index contributed by atoms with van der Waals surface area (Å²) in [6, 6.07) is 6.09. The van der Waals surface area contributed by atoms with Gasteiger partial charge in [-0.05, 0) is 13.0 Å². The van der Waals surface area contributed by atoms with E-state index in [1.165, 1.54) is 12.1 Å². The highest BCUT2D eigenvalue weighted by molar-refractivity contribution is 7.92. The summed E-state index contributed by atoms with van der Waals surface area (Å²) in [6.45, 7) is 1.75. The average Bonchev–Trinajstić information content (AvgIpc) is 2.27. The summed E-state index contributed by atoms with van der Waals surface area (Å²) in [5, 5.41) is 9.79. The zero-order chi connectivity index (χ0) is 13.8. The number of aliphatic hydroxyl groups excluding tert-OH is 1. The molecule has 0 radical (unpaired) electrons. The second-order valence-corrected chi connectivity index (χ2v) is 5.36. The maximum absolute atomic E-state index is 11.4. The molecule has 1 atom stereocenters. The maximum atomic E-state index is 11.4. The van der Waals surface area contributed by atoms with Crippen LogP contribution in [0.3, 0.4) is 0 Å². The molecule has 0 aromatic heterocycles. The Balaban J connectivity index is 3.05. The minimum Gasteiger partial charge on any atom is -0.464 e. The van der Waals surface area contributed by atoms with Gasteiger partial charge in [0, 0.05) is 5.56 Å². The number of aliphatic hydroxyl groups is 1. The van der Waals surface area contributed by atoms with Crippen molar-refractivity contribution >= 4 is 21.7 Å². The lowest BCUT2D eigenvalue weighted by Gasteiger charge is -2.14. The van der Waals surface area contributed by atoms with Gasteiger partial charge in [0.1, 0.15) is 0 Å². The quantitative estimate of drug-likeness (QED) is 0.769. The number of nitrogens with one attached hydrogen (secondary N) is 1. The van der Waals surface area contributed by atoms with Crippen LogP contribution in [0, 0.1) is 0 Å². The number of carbonyl (C=O) groups excluding carboxylic acids is 1. The fourth-order valence-corrected chi connectivity index (χ4v) is 1.96. The van der Waals surface area contributed by atoms with E-state index in [0.717, 1.165) is 6.26 Å². The molecule has 18 heavy (non-hydrogen) atoms. The third-order valence-corrected chi connectivity index (χ3v) is 2.65. The number of esters is 1. The zero-order valence-corrected chi connectivity index (χ0v) is 10.9. The molecule has 1 aromatic rings. The van der Waals surface area contributed by atoms with Gasteiger partial charge in [0.15, 0.2) is 6.10 Å². The van der Waals surface area contributed by atoms with Crippen molar-refractivity contribution in [2.75, 3.05) is 17.6 Å². The van der Waals surface area contributed by atoms with E-state index >= 15 is 0 Å². The van der Waals surface area contributed by atoms with E-state index in [2.05, 4.69) is 9.46 Å². The van der Waals surface area contributed by atoms with Crippen LogP contribution in [0.4, 0.5) is 5.69 Å². The first-order chi connectivity index (χ1) is 8.35. The van der Waals surface area contributed by atoms with E-state index in [1.54, 1.807) is 19.1 Å². The number of rotatable bonds is 5. The molecule has 0 saturated carbocycles. The molecule has 0 aliphatic rings. The molecular weight excluding hydrogens is 258 g/mol. The smallest absolute Gasteiger partial charge is 0.339 e. The van der Waals surface area contributed by atoms with Gasteiger partial charge in [0.2, 0.25) is 10.0 Å². The monoisotopic (exact) mass is 273 g/mol. The molecule has 1 rings (SSSR count). The zero-order valence-electron chi connectivity index (χ0n) is 10.1. The van der Waals surface area contributed by atoms with Gasteiger partial charge in [-0.1, -0.05) is 18.2 Å². The number of hydrogen-bond donors (Lipinski definition) is 2. The summed E-state index contributed by atoms with van der Waals surface area (Å²) in [4.78, 5) is 11.4. The number of carbonyl (C=O) groups is 1. The van der Waals surface area contributed by atoms with Crippen molar-refractivity contribution in [3.05, 3.63) is 29.8 Å². The second-order valence-electron chi connectivity index (χ2n) is 3.62. The molecule has 0 aliphatic carbocycles. The van der Waals surface area contributed by atoms with E-state index in [9.17, 15) is 18.3 Å². The summed E-state index contributed by atoms with van der Waals surface area (Å²) < 4.78 is 29.2. The molecule has 2 N–H and O–H groups in total. The molecule has 0 fully saturated rings. The van der Waals surface area contributed by atoms with Crippen LogP contribution in [0.1, 0.15) is 18.6 Å². The molecule has 0 aliphatic heterocycles. The lowest BCUT2D eigenvalue weighted by molar-refractivity contribution is -0.153. The first-order valence-electron chi connectivity index (χ1n) is 5.26. The predicted octanol–water partition coefficient (Wildman–Crippen LogP) is 0.655. The Bertz CT molecular complexity index is 526. The van der Waals surface area contributed by atoms with Crippen LogP contribution >= 0.6 is 0 Å². The van der Waals surface area contributed by atoms with Crippen molar-refractivity contribution in [3.63, 3.8) is 0 Å². The highest BCUT2D eigenvalue weighted by Crippen LogP contribution is 2.24. The highest BCUT2D eigenvalue weighted by Gasteiger charge is 2.22. The molecule has 100 valence electrons. The number of sulfonamides is 1. The fraction of sp³-hybridized carbons (Fsp3) is 0.364. The van der Waals surface area contributed by atoms with E-state index in [0.29, 0.717) is 0 Å². The standard InChI is InChI=1S/C11H15NO5S/c1-3-17-11(14)10(13)8-6-4-5-7-9(8)12-18(2,15)16/h4-7,10,12-13H,3H2,1-2H3. The Morgan fingerprint density at radius 1 is 1.44 bits per heavy atom. The molecule has 0 saturated heterocycles. The normalized spacial score (nSPS) is 12.8. The van der Waals surface area contributed by atoms with Crippen molar-refractivity contribution < 1.29 is 23.1 Å². The van der Waals surface area contributed by atoms with Crippen molar-refractivity contribution in [2.45, 2.75) is 13.0 Å². The van der Waals surface area contributed by atoms with Crippen molar-refractivity contribution in [1.82, 2.24) is 0 Å². The predicted molar refractivity (Wildman–Crippen MR) is 66.5 cm³/mol. The van der Waals surface area contributed by atoms with Crippen LogP contribution in [-0.4, -0.2) is 32.4 Å². The molecule has 0 amide bonds. The van der Waals surface area contributed by atoms with Gasteiger partial charge >= 0.3 is 5.97 Å². The number of hydrogen-bond acceptors (Lipinski definition) is 5. The third kappa shape index (κ3) is 4.01. The first-order valence-corrected chi connectivity index (χ1v) is 7.15. The topological polar surface area (TPSA) is 92.7 Å². The Labute approximate surface area is 106 Å². The van der Waals surface area contributed by atoms with Crippen molar-refractivity contribution in [2.24, 2.45) is 0 Å². The molecule has 6 nitrogen and oxygen atoms in total. The summed E-state index contributed by atoms with van der Waals surface area (Å²) >= 11 is 0. The van der Waals surface area contributed by atoms with E-state index in [-0.39, 0.29) is 17.9 Å². The van der Waals surface area contributed by atoms with Gasteiger partial charge < -0.3 is 9.84 Å². The summed E-state index contributed by atoms with van der Waals surface area (Å²) in [5.74, 6) is -0.819. The number of benzene rings is 1. The van der Waals surface area contributed by atoms with Crippen LogP contribution in [0.2, 0.25) is 0 Å². The largest absolute Gasteiger partial charge is 0.464 e. The molecule has 7 heteroatoms. The minimum absolute atomic E-state index is 0.136. The van der Waals surface area contributed by atoms with E-state index in [4.69, 9.17) is 0 Å². The summed E-state index contributed by atoms with van der Waals surface area (Å²) in [7, 11) is -3.48. The fourth-order valence-electron chi connectivity index (χ4n) is 1.38. The van der Waals surface area contributed by atoms with Gasteiger partial charge in [-0.2, -0.15) is 0 Å². The lowest BCUT2D eigenvalue weighted by atomic mass is 10.1. The number of para-hydroxylation sites is 1. The van der Waals surface area contributed by atoms with Crippen molar-refractivity contribution in [3.8, 4) is 0 Å². The minimum atomic E-state index is -3.48. The van der Waals surface area contributed by atoms with Gasteiger partial charge in [-0.15, -0.1) is 0 Å². The average molecular weight is 273 g/mol. The molecule has 1 aromatic carbocycles. The maximum Gasteiger partial charge on any atom is 0.339 e. The van der Waals surface area contributed by atoms with E-state index in [1.807, 2.05) is 0 Å². The Hall–Kier alpha value is -1.60. The summed E-state index contributed by atoms with van der Waals surface area (Å²) in [6.07, 6.45) is -0.532. The molecule has 0 bridgehead atoms. The van der Waals surface area contributed by atoms with Gasteiger partial charge in [-0.3, -0.25) is 4.72 Å². The first kappa shape index (κ1) is 14.5. The lowest BCUT2D eigenvalue weighted by Crippen LogP contribution is -2.18. The van der Waals surface area contributed by atoms with Crippen LogP contribution in [0.25, 0.3) is 0 Å². The highest BCUT2D eigenvalue weighted by atomic mass is 32.2. The molecular formula is C11H15NO5S. The Morgan fingerprint density at radius 3 is 2.61 bits per heavy atom. The third-order valence-electron chi connectivity index (χ3n) is 2.06. The molecule has 0 spiro atoms. The Morgan fingerprint density at radius 2 is 2.06 bits per heavy atom. The molecule has 0 heterocycles. The van der Waals surface area contributed by atoms with Gasteiger partial charge in [0.25, 0.3) is 0 Å².